The monoisotopic (exact) mass is 317 g/mol. The van der Waals surface area contributed by atoms with Crippen molar-refractivity contribution in [3.63, 3.8) is 0 Å². The number of carbonyl (C=O) groups is 1. The third kappa shape index (κ3) is 3.63. The van der Waals surface area contributed by atoms with Gasteiger partial charge in [-0.2, -0.15) is 0 Å². The highest BCUT2D eigenvalue weighted by Crippen LogP contribution is 2.32. The van der Waals surface area contributed by atoms with Gasteiger partial charge in [0.1, 0.15) is 5.76 Å². The third-order valence-corrected chi connectivity index (χ3v) is 3.94. The van der Waals surface area contributed by atoms with Crippen molar-refractivity contribution in [2.75, 3.05) is 0 Å². The van der Waals surface area contributed by atoms with E-state index in [-0.39, 0.29) is 5.69 Å². The van der Waals surface area contributed by atoms with E-state index in [1.165, 1.54) is 17.8 Å². The number of hydrogen-bond donors (Lipinski definition) is 2. The molecule has 8 heteroatoms. The van der Waals surface area contributed by atoms with Crippen LogP contribution in [0.3, 0.4) is 0 Å². The Balaban J connectivity index is 2.04. The van der Waals surface area contributed by atoms with Crippen LogP contribution in [0.25, 0.3) is 0 Å². The molecule has 0 atom stereocenters. The molecule has 0 saturated carbocycles. The normalized spacial score (nSPS) is 10.5. The minimum Gasteiger partial charge on any atom is -0.360 e. The SMILES string of the molecule is NNC(=O)c1cc(CSc2cc(Cl)ccc2Cl)on1. The number of rotatable bonds is 4. The number of halogens is 2. The zero-order valence-electron chi connectivity index (χ0n) is 9.52. The Morgan fingerprint density at radius 3 is 2.95 bits per heavy atom. The smallest absolute Gasteiger partial charge is 0.287 e. The summed E-state index contributed by atoms with van der Waals surface area (Å²) in [7, 11) is 0. The standard InChI is InChI=1S/C11H9Cl2N3O2S/c12-6-1-2-8(13)10(3-6)19-5-7-4-9(16-18-7)11(17)15-14/h1-4H,5,14H2,(H,15,17). The first kappa shape index (κ1) is 14.2. The molecule has 0 saturated heterocycles. The minimum absolute atomic E-state index is 0.135. The Morgan fingerprint density at radius 2 is 2.21 bits per heavy atom. The number of nitrogens with zero attached hydrogens (tertiary/aromatic N) is 1. The Labute approximate surface area is 123 Å². The maximum Gasteiger partial charge on any atom is 0.287 e. The molecule has 2 aromatic rings. The molecule has 1 amide bonds. The van der Waals surface area contributed by atoms with Gasteiger partial charge in [0.15, 0.2) is 5.69 Å². The summed E-state index contributed by atoms with van der Waals surface area (Å²) < 4.78 is 5.02. The number of nitrogen functional groups attached to an aromatic ring is 1. The van der Waals surface area contributed by atoms with Crippen LogP contribution in [0.1, 0.15) is 16.2 Å². The number of nitrogens with one attached hydrogen (secondary N) is 1. The number of carbonyl (C=O) groups excluding carboxylic acids is 1. The van der Waals surface area contributed by atoms with Crippen LogP contribution < -0.4 is 11.3 Å². The van der Waals surface area contributed by atoms with E-state index in [2.05, 4.69) is 5.16 Å². The predicted octanol–water partition coefficient (Wildman–Crippen LogP) is 2.88. The van der Waals surface area contributed by atoms with Crippen molar-refractivity contribution in [2.24, 2.45) is 5.84 Å². The lowest BCUT2D eigenvalue weighted by molar-refractivity contribution is 0.0944. The van der Waals surface area contributed by atoms with Crippen LogP contribution in [0.2, 0.25) is 10.0 Å². The Hall–Kier alpha value is -1.21. The van der Waals surface area contributed by atoms with Crippen molar-refractivity contribution in [3.05, 3.63) is 45.8 Å². The Bertz CT molecular complexity index is 603. The summed E-state index contributed by atoms with van der Waals surface area (Å²) >= 11 is 13.4. The van der Waals surface area contributed by atoms with Gasteiger partial charge in [-0.1, -0.05) is 28.4 Å². The Morgan fingerprint density at radius 1 is 1.42 bits per heavy atom. The average molecular weight is 318 g/mol. The Kier molecular flexibility index (Phi) is 4.71. The van der Waals surface area contributed by atoms with E-state index in [1.807, 2.05) is 5.43 Å². The van der Waals surface area contributed by atoms with Crippen LogP contribution in [0, 0.1) is 0 Å². The molecule has 0 radical (unpaired) electrons. The van der Waals surface area contributed by atoms with E-state index in [4.69, 9.17) is 33.6 Å². The second-order valence-corrected chi connectivity index (χ2v) is 5.38. The summed E-state index contributed by atoms with van der Waals surface area (Å²) in [4.78, 5) is 12.0. The first-order valence-corrected chi connectivity index (χ1v) is 6.88. The molecule has 2 rings (SSSR count). The molecule has 0 aliphatic heterocycles. The third-order valence-electron chi connectivity index (χ3n) is 2.19. The molecule has 0 fully saturated rings. The zero-order valence-corrected chi connectivity index (χ0v) is 11.9. The number of hydrazine groups is 1. The molecule has 1 aromatic carbocycles. The molecule has 0 unspecified atom stereocenters. The van der Waals surface area contributed by atoms with Crippen molar-refractivity contribution in [1.29, 1.82) is 0 Å². The first-order valence-electron chi connectivity index (χ1n) is 5.14. The molecular formula is C11H9Cl2N3O2S. The molecule has 0 spiro atoms. The van der Waals surface area contributed by atoms with Crippen LogP contribution in [0.4, 0.5) is 0 Å². The molecule has 3 N–H and O–H groups in total. The molecule has 0 aliphatic carbocycles. The van der Waals surface area contributed by atoms with Crippen molar-refractivity contribution in [2.45, 2.75) is 10.6 Å². The van der Waals surface area contributed by atoms with Gasteiger partial charge in [-0.3, -0.25) is 10.2 Å². The summed E-state index contributed by atoms with van der Waals surface area (Å²) in [6, 6.07) is 6.72. The summed E-state index contributed by atoms with van der Waals surface area (Å²) in [6.07, 6.45) is 0. The van der Waals surface area contributed by atoms with Gasteiger partial charge in [0.2, 0.25) is 0 Å². The highest BCUT2D eigenvalue weighted by Gasteiger charge is 2.12. The van der Waals surface area contributed by atoms with E-state index in [0.29, 0.717) is 21.6 Å². The quantitative estimate of drug-likeness (QED) is 0.392. The number of aromatic nitrogens is 1. The van der Waals surface area contributed by atoms with Crippen molar-refractivity contribution >= 4 is 40.9 Å². The number of benzene rings is 1. The van der Waals surface area contributed by atoms with E-state index in [1.54, 1.807) is 18.2 Å². The number of thioether (sulfide) groups is 1. The lowest BCUT2D eigenvalue weighted by Crippen LogP contribution is -2.30. The number of hydrogen-bond acceptors (Lipinski definition) is 5. The second-order valence-electron chi connectivity index (χ2n) is 3.52. The van der Waals surface area contributed by atoms with E-state index >= 15 is 0 Å². The van der Waals surface area contributed by atoms with E-state index in [9.17, 15) is 4.79 Å². The topological polar surface area (TPSA) is 81.1 Å². The molecular weight excluding hydrogens is 309 g/mol. The largest absolute Gasteiger partial charge is 0.360 e. The van der Waals surface area contributed by atoms with Gasteiger partial charge in [-0.25, -0.2) is 5.84 Å². The highest BCUT2D eigenvalue weighted by atomic mass is 35.5. The second kappa shape index (κ2) is 6.29. The van der Waals surface area contributed by atoms with E-state index in [0.717, 1.165) is 4.90 Å². The van der Waals surface area contributed by atoms with Gasteiger partial charge >= 0.3 is 0 Å². The highest BCUT2D eigenvalue weighted by molar-refractivity contribution is 7.98. The van der Waals surface area contributed by atoms with Crippen molar-refractivity contribution in [3.8, 4) is 0 Å². The van der Waals surface area contributed by atoms with Crippen LogP contribution in [0.5, 0.6) is 0 Å². The number of amides is 1. The first-order chi connectivity index (χ1) is 9.10. The molecule has 0 aliphatic rings. The van der Waals surface area contributed by atoms with Gasteiger partial charge in [0.05, 0.1) is 10.8 Å². The van der Waals surface area contributed by atoms with Gasteiger partial charge in [0.25, 0.3) is 5.91 Å². The minimum atomic E-state index is -0.499. The predicted molar refractivity (Wildman–Crippen MR) is 74.2 cm³/mol. The van der Waals surface area contributed by atoms with Crippen LogP contribution >= 0.6 is 35.0 Å². The number of nitrogens with two attached hydrogens (primary N) is 1. The summed E-state index contributed by atoms with van der Waals surface area (Å²) in [5.41, 5.74) is 2.11. The summed E-state index contributed by atoms with van der Waals surface area (Å²) in [5, 5.41) is 4.81. The van der Waals surface area contributed by atoms with Gasteiger partial charge in [0, 0.05) is 16.0 Å². The van der Waals surface area contributed by atoms with Gasteiger partial charge in [-0.05, 0) is 18.2 Å². The zero-order chi connectivity index (χ0) is 13.8. The van der Waals surface area contributed by atoms with Crippen molar-refractivity contribution in [1.82, 2.24) is 10.6 Å². The van der Waals surface area contributed by atoms with Gasteiger partial charge in [-0.15, -0.1) is 11.8 Å². The molecule has 1 heterocycles. The lowest BCUT2D eigenvalue weighted by Gasteiger charge is -2.02. The van der Waals surface area contributed by atoms with Crippen LogP contribution in [-0.2, 0) is 5.75 Å². The average Bonchev–Trinajstić information content (AvgIpc) is 2.88. The molecule has 5 nitrogen and oxygen atoms in total. The fourth-order valence-electron chi connectivity index (χ4n) is 1.30. The fraction of sp³-hybridized carbons (Fsp3) is 0.0909. The van der Waals surface area contributed by atoms with Crippen LogP contribution in [-0.4, -0.2) is 11.1 Å². The summed E-state index contributed by atoms with van der Waals surface area (Å²) in [5.74, 6) is 5.52. The molecule has 100 valence electrons. The maximum absolute atomic E-state index is 11.2. The molecule has 1 aromatic heterocycles. The molecule has 0 bridgehead atoms. The maximum atomic E-state index is 11.2. The van der Waals surface area contributed by atoms with Gasteiger partial charge < -0.3 is 4.52 Å². The van der Waals surface area contributed by atoms with Crippen molar-refractivity contribution < 1.29 is 9.32 Å². The fourth-order valence-corrected chi connectivity index (χ4v) is 2.67. The van der Waals surface area contributed by atoms with Crippen LogP contribution in [0.15, 0.2) is 33.7 Å². The lowest BCUT2D eigenvalue weighted by atomic mass is 10.4. The summed E-state index contributed by atoms with van der Waals surface area (Å²) in [6.45, 7) is 0. The molecule has 19 heavy (non-hydrogen) atoms. The van der Waals surface area contributed by atoms with E-state index < -0.39 is 5.91 Å².